The van der Waals surface area contributed by atoms with Gasteiger partial charge in [0.2, 0.25) is 0 Å². The molecule has 1 aromatic heterocycles. The van der Waals surface area contributed by atoms with Crippen LogP contribution in [0, 0.1) is 0 Å². The number of hydrogen-bond donors (Lipinski definition) is 1. The summed E-state index contributed by atoms with van der Waals surface area (Å²) in [6.07, 6.45) is 3.07. The number of halogens is 1. The quantitative estimate of drug-likeness (QED) is 0.916. The lowest BCUT2D eigenvalue weighted by atomic mass is 10.3. The van der Waals surface area contributed by atoms with E-state index < -0.39 is 5.97 Å². The molecule has 0 atom stereocenters. The summed E-state index contributed by atoms with van der Waals surface area (Å²) in [5.41, 5.74) is 0.375. The maximum Gasteiger partial charge on any atom is 0.323 e. The number of carbonyl (C=O) groups excluding carboxylic acids is 1. The minimum absolute atomic E-state index is 0.0669. The molecule has 1 heterocycles. The van der Waals surface area contributed by atoms with Gasteiger partial charge in [0.05, 0.1) is 5.56 Å². The molecule has 0 radical (unpaired) electrons. The van der Waals surface area contributed by atoms with Crippen molar-refractivity contribution in [2.24, 2.45) is 0 Å². The molecule has 0 aliphatic heterocycles. The average Bonchev–Trinajstić information content (AvgIpc) is 2.96. The number of carboxylic acid groups (broad SMARTS) is 1. The molecule has 1 amide bonds. The van der Waals surface area contributed by atoms with E-state index in [-0.39, 0.29) is 18.5 Å². The molecule has 2 rings (SSSR count). The van der Waals surface area contributed by atoms with E-state index in [2.05, 4.69) is 15.9 Å². The van der Waals surface area contributed by atoms with Crippen molar-refractivity contribution in [2.75, 3.05) is 6.54 Å². The Hall–Kier alpha value is -1.30. The molecular weight excluding hydrogens is 278 g/mol. The number of nitrogens with zero attached hydrogens (tertiary/aromatic N) is 1. The summed E-state index contributed by atoms with van der Waals surface area (Å²) in [7, 11) is 0. The van der Waals surface area contributed by atoms with Crippen LogP contribution >= 0.6 is 15.9 Å². The van der Waals surface area contributed by atoms with E-state index in [1.165, 1.54) is 11.2 Å². The highest BCUT2D eigenvalue weighted by Crippen LogP contribution is 2.28. The third kappa shape index (κ3) is 2.44. The van der Waals surface area contributed by atoms with Crippen molar-refractivity contribution in [3.8, 4) is 0 Å². The zero-order valence-corrected chi connectivity index (χ0v) is 9.94. The maximum absolute atomic E-state index is 12.0. The van der Waals surface area contributed by atoms with Gasteiger partial charge in [-0.15, -0.1) is 0 Å². The van der Waals surface area contributed by atoms with Gasteiger partial charge in [-0.3, -0.25) is 9.59 Å². The van der Waals surface area contributed by atoms with Crippen LogP contribution in [0.5, 0.6) is 0 Å². The van der Waals surface area contributed by atoms with Crippen LogP contribution in [0.1, 0.15) is 23.2 Å². The highest BCUT2D eigenvalue weighted by atomic mass is 79.9. The Labute approximate surface area is 100 Å². The summed E-state index contributed by atoms with van der Waals surface area (Å²) in [4.78, 5) is 24.0. The topological polar surface area (TPSA) is 70.8 Å². The molecule has 86 valence electrons. The summed E-state index contributed by atoms with van der Waals surface area (Å²) in [6.45, 7) is -0.258. The zero-order valence-electron chi connectivity index (χ0n) is 8.35. The van der Waals surface area contributed by atoms with Gasteiger partial charge in [0.15, 0.2) is 4.67 Å². The number of hydrogen-bond acceptors (Lipinski definition) is 3. The minimum atomic E-state index is -0.997. The van der Waals surface area contributed by atoms with Crippen molar-refractivity contribution in [3.63, 3.8) is 0 Å². The van der Waals surface area contributed by atoms with Gasteiger partial charge in [-0.25, -0.2) is 0 Å². The number of rotatable bonds is 4. The molecule has 16 heavy (non-hydrogen) atoms. The van der Waals surface area contributed by atoms with Crippen molar-refractivity contribution < 1.29 is 19.1 Å². The van der Waals surface area contributed by atoms with E-state index in [0.29, 0.717) is 10.2 Å². The molecule has 0 saturated heterocycles. The van der Waals surface area contributed by atoms with E-state index in [4.69, 9.17) is 9.52 Å². The number of aliphatic carboxylic acids is 1. The highest BCUT2D eigenvalue weighted by molar-refractivity contribution is 9.10. The zero-order chi connectivity index (χ0) is 11.7. The molecule has 1 aromatic rings. The second kappa shape index (κ2) is 4.29. The Morgan fingerprint density at radius 2 is 2.25 bits per heavy atom. The van der Waals surface area contributed by atoms with E-state index in [1.807, 2.05) is 0 Å². The van der Waals surface area contributed by atoms with Crippen LogP contribution in [-0.4, -0.2) is 34.5 Å². The monoisotopic (exact) mass is 287 g/mol. The molecular formula is C10H10BrNO4. The Morgan fingerprint density at radius 3 is 2.69 bits per heavy atom. The Bertz CT molecular complexity index is 424. The first-order valence-corrected chi connectivity index (χ1v) is 5.64. The second-order valence-corrected chi connectivity index (χ2v) is 4.48. The molecule has 5 nitrogen and oxygen atoms in total. The van der Waals surface area contributed by atoms with Crippen LogP contribution in [-0.2, 0) is 4.79 Å². The molecule has 0 bridgehead atoms. The molecule has 1 N–H and O–H groups in total. The van der Waals surface area contributed by atoms with Crippen molar-refractivity contribution >= 4 is 27.8 Å². The lowest BCUT2D eigenvalue weighted by Gasteiger charge is -2.18. The normalized spacial score (nSPS) is 14.8. The first-order chi connectivity index (χ1) is 7.58. The molecule has 0 spiro atoms. The summed E-state index contributed by atoms with van der Waals surface area (Å²) in [5, 5.41) is 8.73. The fourth-order valence-electron chi connectivity index (χ4n) is 1.49. The van der Waals surface area contributed by atoms with E-state index in [9.17, 15) is 9.59 Å². The van der Waals surface area contributed by atoms with Gasteiger partial charge in [0.1, 0.15) is 12.8 Å². The second-order valence-electron chi connectivity index (χ2n) is 3.70. The Morgan fingerprint density at radius 1 is 1.56 bits per heavy atom. The summed E-state index contributed by atoms with van der Waals surface area (Å²) in [6, 6.07) is 1.61. The number of furan rings is 1. The van der Waals surface area contributed by atoms with Crippen LogP contribution in [0.2, 0.25) is 0 Å². The van der Waals surface area contributed by atoms with Crippen molar-refractivity contribution in [3.05, 3.63) is 22.6 Å². The van der Waals surface area contributed by atoms with Crippen molar-refractivity contribution in [1.82, 2.24) is 4.90 Å². The van der Waals surface area contributed by atoms with Crippen LogP contribution in [0.3, 0.4) is 0 Å². The standard InChI is InChI=1S/C10H10BrNO4/c11-8-3-6(5-16-8)10(15)12(4-9(13)14)7-1-2-7/h3,5,7H,1-2,4H2,(H,13,14). The van der Waals surface area contributed by atoms with Gasteiger partial charge in [0, 0.05) is 12.1 Å². The molecule has 1 saturated carbocycles. The van der Waals surface area contributed by atoms with Gasteiger partial charge < -0.3 is 14.4 Å². The fraction of sp³-hybridized carbons (Fsp3) is 0.400. The SMILES string of the molecule is O=C(O)CN(C(=O)c1coc(Br)c1)C1CC1. The van der Waals surface area contributed by atoms with Gasteiger partial charge in [-0.2, -0.15) is 0 Å². The lowest BCUT2D eigenvalue weighted by Crippen LogP contribution is -2.37. The first kappa shape index (κ1) is 11.2. The van der Waals surface area contributed by atoms with Crippen LogP contribution < -0.4 is 0 Å². The first-order valence-electron chi connectivity index (χ1n) is 4.84. The minimum Gasteiger partial charge on any atom is -0.480 e. The molecule has 0 aromatic carbocycles. The predicted molar refractivity (Wildman–Crippen MR) is 58.1 cm³/mol. The molecule has 1 fully saturated rings. The molecule has 6 heteroatoms. The maximum atomic E-state index is 12.0. The Balaban J connectivity index is 2.13. The smallest absolute Gasteiger partial charge is 0.323 e. The van der Waals surface area contributed by atoms with E-state index >= 15 is 0 Å². The third-order valence-electron chi connectivity index (χ3n) is 2.37. The van der Waals surface area contributed by atoms with Gasteiger partial charge in [-0.1, -0.05) is 0 Å². The summed E-state index contributed by atoms with van der Waals surface area (Å²) < 4.78 is 5.42. The summed E-state index contributed by atoms with van der Waals surface area (Å²) >= 11 is 3.10. The lowest BCUT2D eigenvalue weighted by molar-refractivity contribution is -0.137. The van der Waals surface area contributed by atoms with Crippen LogP contribution in [0.15, 0.2) is 21.4 Å². The Kier molecular flexibility index (Phi) is 3.00. The fourth-order valence-corrected chi connectivity index (χ4v) is 1.83. The van der Waals surface area contributed by atoms with Gasteiger partial charge in [-0.05, 0) is 28.8 Å². The highest BCUT2D eigenvalue weighted by Gasteiger charge is 2.34. The number of carbonyl (C=O) groups is 2. The van der Waals surface area contributed by atoms with Crippen LogP contribution in [0.25, 0.3) is 0 Å². The summed E-state index contributed by atoms with van der Waals surface area (Å²) in [5.74, 6) is -1.29. The number of amides is 1. The van der Waals surface area contributed by atoms with E-state index in [1.54, 1.807) is 6.07 Å². The van der Waals surface area contributed by atoms with Crippen molar-refractivity contribution in [2.45, 2.75) is 18.9 Å². The third-order valence-corrected chi connectivity index (χ3v) is 2.78. The molecule has 1 aliphatic carbocycles. The largest absolute Gasteiger partial charge is 0.480 e. The average molecular weight is 288 g/mol. The van der Waals surface area contributed by atoms with Gasteiger partial charge >= 0.3 is 5.97 Å². The van der Waals surface area contributed by atoms with E-state index in [0.717, 1.165) is 12.8 Å². The molecule has 1 aliphatic rings. The van der Waals surface area contributed by atoms with Gasteiger partial charge in [0.25, 0.3) is 5.91 Å². The predicted octanol–water partition coefficient (Wildman–Crippen LogP) is 1.73. The van der Waals surface area contributed by atoms with Crippen molar-refractivity contribution in [1.29, 1.82) is 0 Å². The number of carboxylic acids is 1. The molecule has 0 unspecified atom stereocenters. The van der Waals surface area contributed by atoms with Crippen LogP contribution in [0.4, 0.5) is 0 Å².